The lowest BCUT2D eigenvalue weighted by Gasteiger charge is -2.25. The summed E-state index contributed by atoms with van der Waals surface area (Å²) in [6.45, 7) is 3.84. The fourth-order valence-corrected chi connectivity index (χ4v) is 4.81. The van der Waals surface area contributed by atoms with Gasteiger partial charge in [0.15, 0.2) is 11.0 Å². The predicted molar refractivity (Wildman–Crippen MR) is 130 cm³/mol. The number of thioether (sulfide) groups is 1. The van der Waals surface area contributed by atoms with E-state index >= 15 is 0 Å². The van der Waals surface area contributed by atoms with Gasteiger partial charge >= 0.3 is 0 Å². The summed E-state index contributed by atoms with van der Waals surface area (Å²) >= 11 is 1.38. The van der Waals surface area contributed by atoms with E-state index in [0.29, 0.717) is 11.8 Å². The first-order valence-electron chi connectivity index (χ1n) is 11.2. The lowest BCUT2D eigenvalue weighted by Crippen LogP contribution is -2.22. The van der Waals surface area contributed by atoms with Crippen molar-refractivity contribution in [3.8, 4) is 11.4 Å². The zero-order valence-electron chi connectivity index (χ0n) is 18.9. The second-order valence-electron chi connectivity index (χ2n) is 8.36. The highest BCUT2D eigenvalue weighted by molar-refractivity contribution is 7.99. The smallest absolute Gasteiger partial charge is 0.250 e. The second-order valence-corrected chi connectivity index (χ2v) is 9.30. The van der Waals surface area contributed by atoms with Crippen molar-refractivity contribution < 1.29 is 9.18 Å². The van der Waals surface area contributed by atoms with Gasteiger partial charge in [0.05, 0.1) is 11.5 Å². The minimum Gasteiger partial charge on any atom is -0.299 e. The van der Waals surface area contributed by atoms with Crippen molar-refractivity contribution in [3.05, 3.63) is 65.5 Å². The van der Waals surface area contributed by atoms with E-state index in [1.54, 1.807) is 19.1 Å². The first-order chi connectivity index (χ1) is 16.0. The molecule has 3 aromatic rings. The second kappa shape index (κ2) is 10.7. The molecule has 0 saturated heterocycles. The van der Waals surface area contributed by atoms with Gasteiger partial charge in [0, 0.05) is 11.6 Å². The topological polar surface area (TPSA) is 72.2 Å². The highest BCUT2D eigenvalue weighted by Gasteiger charge is 2.24. The maximum absolute atomic E-state index is 13.1. The van der Waals surface area contributed by atoms with E-state index in [9.17, 15) is 9.18 Å². The molecule has 6 nitrogen and oxygen atoms in total. The Bertz CT molecular complexity index is 1120. The largest absolute Gasteiger partial charge is 0.299 e. The molecule has 0 atom stereocenters. The third-order valence-electron chi connectivity index (χ3n) is 5.86. The predicted octanol–water partition coefficient (Wildman–Crippen LogP) is 5.53. The van der Waals surface area contributed by atoms with Gasteiger partial charge in [-0.25, -0.2) is 9.82 Å². The summed E-state index contributed by atoms with van der Waals surface area (Å²) in [5.74, 6) is 0.504. The van der Waals surface area contributed by atoms with E-state index in [1.165, 1.54) is 48.7 Å². The Labute approximate surface area is 197 Å². The number of halogens is 1. The highest BCUT2D eigenvalue weighted by Crippen LogP contribution is 2.35. The lowest BCUT2D eigenvalue weighted by atomic mass is 9.95. The summed E-state index contributed by atoms with van der Waals surface area (Å²) in [5.41, 5.74) is 6.19. The molecule has 0 radical (unpaired) electrons. The molecule has 1 N–H and O–H groups in total. The molecule has 1 aromatic heterocycles. The van der Waals surface area contributed by atoms with Gasteiger partial charge < -0.3 is 0 Å². The molecule has 1 heterocycles. The maximum atomic E-state index is 13.1. The fourth-order valence-electron chi connectivity index (χ4n) is 4.01. The molecule has 1 saturated carbocycles. The van der Waals surface area contributed by atoms with Crippen molar-refractivity contribution >= 4 is 23.4 Å². The number of hydrogen-bond donors (Lipinski definition) is 1. The molecule has 172 valence electrons. The molecule has 4 rings (SSSR count). The van der Waals surface area contributed by atoms with Crippen molar-refractivity contribution in [2.75, 3.05) is 5.75 Å². The third kappa shape index (κ3) is 5.87. The van der Waals surface area contributed by atoms with Crippen LogP contribution in [-0.2, 0) is 4.79 Å². The Morgan fingerprint density at radius 1 is 1.09 bits per heavy atom. The fraction of sp³-hybridized carbons (Fsp3) is 0.360. The number of amides is 1. The monoisotopic (exact) mass is 465 g/mol. The van der Waals surface area contributed by atoms with Crippen molar-refractivity contribution in [3.63, 3.8) is 0 Å². The van der Waals surface area contributed by atoms with E-state index in [4.69, 9.17) is 0 Å². The van der Waals surface area contributed by atoms with Crippen molar-refractivity contribution in [2.45, 2.75) is 57.1 Å². The molecule has 1 fully saturated rings. The van der Waals surface area contributed by atoms with E-state index < -0.39 is 0 Å². The Hall–Kier alpha value is -3.00. The molecule has 2 aromatic carbocycles. The Balaban J connectivity index is 1.47. The number of hydrogen-bond acceptors (Lipinski definition) is 5. The number of hydrazone groups is 1. The number of aryl methyl sites for hydroxylation is 1. The molecular formula is C25H28FN5OS. The van der Waals surface area contributed by atoms with Crippen LogP contribution in [0.3, 0.4) is 0 Å². The summed E-state index contributed by atoms with van der Waals surface area (Å²) < 4.78 is 15.3. The molecule has 0 bridgehead atoms. The summed E-state index contributed by atoms with van der Waals surface area (Å²) in [7, 11) is 0. The van der Waals surface area contributed by atoms with Crippen LogP contribution < -0.4 is 5.43 Å². The molecule has 0 spiro atoms. The molecular weight excluding hydrogens is 437 g/mol. The van der Waals surface area contributed by atoms with Gasteiger partial charge in [-0.2, -0.15) is 5.10 Å². The molecule has 8 heteroatoms. The average Bonchev–Trinajstić information content (AvgIpc) is 3.26. The van der Waals surface area contributed by atoms with Gasteiger partial charge in [-0.05, 0) is 44.4 Å². The lowest BCUT2D eigenvalue weighted by molar-refractivity contribution is -0.118. The summed E-state index contributed by atoms with van der Waals surface area (Å²) in [6, 6.07) is 14.7. The molecule has 1 amide bonds. The van der Waals surface area contributed by atoms with Crippen LogP contribution in [0, 0.1) is 12.7 Å². The first kappa shape index (κ1) is 23.2. The number of carbonyl (C=O) groups excluding carboxylic acids is 1. The van der Waals surface area contributed by atoms with E-state index in [-0.39, 0.29) is 17.5 Å². The van der Waals surface area contributed by atoms with Gasteiger partial charge in [0.25, 0.3) is 5.91 Å². The van der Waals surface area contributed by atoms with Crippen LogP contribution in [0.1, 0.15) is 56.2 Å². The van der Waals surface area contributed by atoms with Crippen LogP contribution in [0.2, 0.25) is 0 Å². The summed E-state index contributed by atoms with van der Waals surface area (Å²) in [6.07, 6.45) is 5.83. The Morgan fingerprint density at radius 3 is 2.48 bits per heavy atom. The zero-order chi connectivity index (χ0) is 23.2. The van der Waals surface area contributed by atoms with E-state index in [0.717, 1.165) is 34.9 Å². The number of benzene rings is 2. The normalized spacial score (nSPS) is 14.9. The quantitative estimate of drug-likeness (QED) is 0.283. The summed E-state index contributed by atoms with van der Waals surface area (Å²) in [5, 5.41) is 13.8. The van der Waals surface area contributed by atoms with Crippen LogP contribution in [0.15, 0.2) is 58.8 Å². The van der Waals surface area contributed by atoms with Crippen molar-refractivity contribution in [1.82, 2.24) is 20.2 Å². The van der Waals surface area contributed by atoms with Crippen LogP contribution in [0.5, 0.6) is 0 Å². The van der Waals surface area contributed by atoms with Crippen molar-refractivity contribution in [2.24, 2.45) is 5.10 Å². The van der Waals surface area contributed by atoms with E-state index in [1.807, 2.05) is 0 Å². The number of aromatic nitrogens is 3. The zero-order valence-corrected chi connectivity index (χ0v) is 19.7. The molecule has 1 aliphatic rings. The van der Waals surface area contributed by atoms with Gasteiger partial charge in [-0.15, -0.1) is 10.2 Å². The SMILES string of the molecule is C/C(=N/NC(=O)CSc1nnc(-c2ccc(C)cc2)n1C1CCCCC1)c1ccc(F)cc1. The Kier molecular flexibility index (Phi) is 7.54. The summed E-state index contributed by atoms with van der Waals surface area (Å²) in [4.78, 5) is 12.5. The standard InChI is InChI=1S/C25H28FN5OS/c1-17-8-10-20(11-9-17)24-29-30-25(31(24)22-6-4-3-5-7-22)33-16-23(32)28-27-18(2)19-12-14-21(26)15-13-19/h8-15,22H,3-7,16H2,1-2H3,(H,28,32)/b27-18-. The highest BCUT2D eigenvalue weighted by atomic mass is 32.2. The Morgan fingerprint density at radius 2 is 1.79 bits per heavy atom. The minimum atomic E-state index is -0.306. The number of nitrogens with one attached hydrogen (secondary N) is 1. The van der Waals surface area contributed by atoms with Gasteiger partial charge in [0.2, 0.25) is 0 Å². The van der Waals surface area contributed by atoms with E-state index in [2.05, 4.69) is 56.5 Å². The van der Waals surface area contributed by atoms with Crippen molar-refractivity contribution in [1.29, 1.82) is 0 Å². The molecule has 33 heavy (non-hydrogen) atoms. The number of rotatable bonds is 7. The number of nitrogens with zero attached hydrogens (tertiary/aromatic N) is 4. The first-order valence-corrected chi connectivity index (χ1v) is 12.2. The number of carbonyl (C=O) groups is 1. The van der Waals surface area contributed by atoms with Crippen LogP contribution in [0.4, 0.5) is 4.39 Å². The van der Waals surface area contributed by atoms with Crippen LogP contribution >= 0.6 is 11.8 Å². The maximum Gasteiger partial charge on any atom is 0.250 e. The molecule has 1 aliphatic carbocycles. The van der Waals surface area contributed by atoms with Gasteiger partial charge in [0.1, 0.15) is 5.82 Å². The molecule has 0 unspecified atom stereocenters. The molecule has 0 aliphatic heterocycles. The van der Waals surface area contributed by atoms with Gasteiger partial charge in [-0.3, -0.25) is 9.36 Å². The minimum absolute atomic E-state index is 0.180. The van der Waals surface area contributed by atoms with Crippen LogP contribution in [0.25, 0.3) is 11.4 Å². The third-order valence-corrected chi connectivity index (χ3v) is 6.80. The van der Waals surface area contributed by atoms with Gasteiger partial charge in [-0.1, -0.05) is 73.0 Å². The van der Waals surface area contributed by atoms with Crippen LogP contribution in [-0.4, -0.2) is 32.1 Å². The average molecular weight is 466 g/mol.